The molecule has 0 atom stereocenters. The van der Waals surface area contributed by atoms with Crippen LogP contribution in [0.3, 0.4) is 0 Å². The molecule has 0 unspecified atom stereocenters. The van der Waals surface area contributed by atoms with Crippen molar-refractivity contribution in [1.29, 1.82) is 0 Å². The Morgan fingerprint density at radius 2 is 2.44 bits per heavy atom. The van der Waals surface area contributed by atoms with Gasteiger partial charge in [-0.05, 0) is 6.92 Å². The third-order valence-corrected chi connectivity index (χ3v) is 0.882. The van der Waals surface area contributed by atoms with E-state index in [0.29, 0.717) is 16.9 Å². The number of aryl methyl sites for hydroxylation is 1. The average molecular weight is 127 g/mol. The minimum atomic E-state index is -0.428. The predicted octanol–water partition coefficient (Wildman–Crippen LogP) is -0.212. The summed E-state index contributed by atoms with van der Waals surface area (Å²) in [6, 6.07) is 1.24. The van der Waals surface area contributed by atoms with Gasteiger partial charge in [0.1, 0.15) is 5.76 Å². The summed E-state index contributed by atoms with van der Waals surface area (Å²) in [4.78, 5) is 20.4. The lowest BCUT2D eigenvalue weighted by atomic mass is 10.5. The lowest BCUT2D eigenvalue weighted by Gasteiger charge is -1.79. The van der Waals surface area contributed by atoms with E-state index in [1.54, 1.807) is 6.92 Å². The predicted molar refractivity (Wildman–Crippen MR) is 29.9 cm³/mol. The number of carbonyl (C=O) groups is 1. The zero-order chi connectivity index (χ0) is 6.85. The summed E-state index contributed by atoms with van der Waals surface area (Å²) in [6.07, 6.45) is 0.329. The maximum atomic E-state index is 10.5. The summed E-state index contributed by atoms with van der Waals surface area (Å²) < 4.78 is 5.23. The average Bonchev–Trinajstić information content (AvgIpc) is 2.10. The van der Waals surface area contributed by atoms with Crippen LogP contribution in [0.1, 0.15) is 5.76 Å². The van der Waals surface area contributed by atoms with Crippen LogP contribution in [0.5, 0.6) is 0 Å². The van der Waals surface area contributed by atoms with E-state index in [2.05, 4.69) is 4.52 Å². The Kier molecular flexibility index (Phi) is 1.22. The van der Waals surface area contributed by atoms with Crippen molar-refractivity contribution < 1.29 is 9.32 Å². The van der Waals surface area contributed by atoms with Crippen molar-refractivity contribution >= 4 is 6.41 Å². The van der Waals surface area contributed by atoms with Crippen LogP contribution in [0.4, 0.5) is 0 Å². The van der Waals surface area contributed by atoms with Crippen molar-refractivity contribution in [3.63, 3.8) is 0 Å². The Labute approximate surface area is 50.7 Å². The van der Waals surface area contributed by atoms with Gasteiger partial charge in [0.05, 0.1) is 0 Å². The third-order valence-electron chi connectivity index (χ3n) is 0.882. The molecule has 0 spiro atoms. The van der Waals surface area contributed by atoms with Crippen LogP contribution in [0.2, 0.25) is 0 Å². The van der Waals surface area contributed by atoms with E-state index >= 15 is 0 Å². The van der Waals surface area contributed by atoms with Gasteiger partial charge < -0.3 is 4.52 Å². The molecule has 0 bridgehead atoms. The fourth-order valence-electron chi connectivity index (χ4n) is 0.537. The number of rotatable bonds is 1. The molecule has 1 aromatic rings. The Balaban J connectivity index is 3.32. The van der Waals surface area contributed by atoms with Gasteiger partial charge in [0.15, 0.2) is 0 Å². The monoisotopic (exact) mass is 127 g/mol. The molecular formula is C5H5NO3. The number of nitrogens with zero attached hydrogens (tertiary/aromatic N) is 1. The fraction of sp³-hybridized carbons (Fsp3) is 0.200. The van der Waals surface area contributed by atoms with Crippen molar-refractivity contribution in [2.45, 2.75) is 6.92 Å². The molecule has 48 valence electrons. The molecule has 4 heteroatoms. The second-order valence-electron chi connectivity index (χ2n) is 1.62. The minimum Gasteiger partial charge on any atom is -0.374 e. The maximum Gasteiger partial charge on any atom is 0.290 e. The molecular weight excluding hydrogens is 122 g/mol. The standard InChI is InChI=1S/C5H5NO3/c1-4-2-5(8)6(3-7)9-4/h2-3H,1H3. The fourth-order valence-corrected chi connectivity index (χ4v) is 0.537. The molecule has 1 aromatic heterocycles. The maximum absolute atomic E-state index is 10.5. The van der Waals surface area contributed by atoms with Gasteiger partial charge in [-0.25, -0.2) is 0 Å². The first-order chi connectivity index (χ1) is 4.24. The van der Waals surface area contributed by atoms with Crippen LogP contribution in [-0.2, 0) is 4.79 Å². The molecule has 0 aliphatic rings. The summed E-state index contributed by atoms with van der Waals surface area (Å²) in [5.41, 5.74) is -0.428. The first-order valence-electron chi connectivity index (χ1n) is 2.39. The molecule has 0 aliphatic carbocycles. The first-order valence-corrected chi connectivity index (χ1v) is 2.39. The van der Waals surface area contributed by atoms with E-state index in [4.69, 9.17) is 0 Å². The van der Waals surface area contributed by atoms with E-state index in [0.717, 1.165) is 0 Å². The minimum absolute atomic E-state index is 0.329. The lowest BCUT2D eigenvalue weighted by molar-refractivity contribution is 0.326. The SMILES string of the molecule is Cc1cc(=O)n(C=O)o1. The number of hydrogen-bond donors (Lipinski definition) is 0. The Morgan fingerprint density at radius 3 is 2.67 bits per heavy atom. The van der Waals surface area contributed by atoms with Crippen LogP contribution < -0.4 is 5.56 Å². The molecule has 9 heavy (non-hydrogen) atoms. The van der Waals surface area contributed by atoms with E-state index in [9.17, 15) is 9.59 Å². The van der Waals surface area contributed by atoms with Gasteiger partial charge in [-0.3, -0.25) is 9.59 Å². The molecule has 1 rings (SSSR count). The highest BCUT2D eigenvalue weighted by molar-refractivity contribution is 5.48. The van der Waals surface area contributed by atoms with E-state index in [-0.39, 0.29) is 0 Å². The highest BCUT2D eigenvalue weighted by atomic mass is 16.5. The van der Waals surface area contributed by atoms with Crippen LogP contribution in [0.25, 0.3) is 0 Å². The molecule has 0 saturated carbocycles. The quantitative estimate of drug-likeness (QED) is 0.490. The molecule has 0 aromatic carbocycles. The molecule has 0 saturated heterocycles. The molecule has 0 fully saturated rings. The molecule has 0 amide bonds. The Bertz CT molecular complexity index is 270. The molecule has 0 aliphatic heterocycles. The highest BCUT2D eigenvalue weighted by Gasteiger charge is 1.97. The lowest BCUT2D eigenvalue weighted by Crippen LogP contribution is -2.11. The van der Waals surface area contributed by atoms with Gasteiger partial charge in [0, 0.05) is 6.07 Å². The number of carbonyl (C=O) groups excluding carboxylic acids is 1. The van der Waals surface area contributed by atoms with Crippen molar-refractivity contribution in [2.24, 2.45) is 0 Å². The van der Waals surface area contributed by atoms with Crippen molar-refractivity contribution in [3.05, 3.63) is 22.2 Å². The molecule has 0 radical (unpaired) electrons. The summed E-state index contributed by atoms with van der Waals surface area (Å²) in [7, 11) is 0. The van der Waals surface area contributed by atoms with E-state index in [1.807, 2.05) is 0 Å². The van der Waals surface area contributed by atoms with Crippen LogP contribution in [-0.4, -0.2) is 11.1 Å². The summed E-state index contributed by atoms with van der Waals surface area (Å²) >= 11 is 0. The number of hydrogen-bond acceptors (Lipinski definition) is 3. The largest absolute Gasteiger partial charge is 0.374 e. The topological polar surface area (TPSA) is 52.2 Å². The van der Waals surface area contributed by atoms with Crippen LogP contribution >= 0.6 is 0 Å². The smallest absolute Gasteiger partial charge is 0.290 e. The number of aromatic nitrogens is 1. The summed E-state index contributed by atoms with van der Waals surface area (Å²) in [5.74, 6) is 0.437. The summed E-state index contributed by atoms with van der Waals surface area (Å²) in [6.45, 7) is 1.60. The Morgan fingerprint density at radius 1 is 1.78 bits per heavy atom. The third kappa shape index (κ3) is 0.910. The van der Waals surface area contributed by atoms with Gasteiger partial charge in [0.2, 0.25) is 0 Å². The second kappa shape index (κ2) is 1.89. The van der Waals surface area contributed by atoms with Gasteiger partial charge in [-0.2, -0.15) is 0 Å². The molecule has 4 nitrogen and oxygen atoms in total. The van der Waals surface area contributed by atoms with Crippen molar-refractivity contribution in [2.75, 3.05) is 0 Å². The zero-order valence-electron chi connectivity index (χ0n) is 4.83. The van der Waals surface area contributed by atoms with Gasteiger partial charge >= 0.3 is 0 Å². The van der Waals surface area contributed by atoms with Gasteiger partial charge in [0.25, 0.3) is 12.0 Å². The van der Waals surface area contributed by atoms with Crippen LogP contribution in [0.15, 0.2) is 15.4 Å². The molecule has 0 N–H and O–H groups in total. The van der Waals surface area contributed by atoms with Crippen molar-refractivity contribution in [1.82, 2.24) is 4.74 Å². The van der Waals surface area contributed by atoms with Crippen molar-refractivity contribution in [3.8, 4) is 0 Å². The van der Waals surface area contributed by atoms with E-state index < -0.39 is 5.56 Å². The van der Waals surface area contributed by atoms with Gasteiger partial charge in [-0.1, -0.05) is 0 Å². The van der Waals surface area contributed by atoms with Gasteiger partial charge in [-0.15, -0.1) is 4.74 Å². The normalized spacial score (nSPS) is 9.44. The first kappa shape index (κ1) is 5.81. The van der Waals surface area contributed by atoms with E-state index in [1.165, 1.54) is 6.07 Å². The summed E-state index contributed by atoms with van der Waals surface area (Å²) in [5, 5.41) is 0. The molecule has 1 heterocycles. The Hall–Kier alpha value is -1.32. The second-order valence-corrected chi connectivity index (χ2v) is 1.62. The van der Waals surface area contributed by atoms with Crippen LogP contribution in [0, 0.1) is 6.92 Å². The highest BCUT2D eigenvalue weighted by Crippen LogP contribution is 1.87. The zero-order valence-corrected chi connectivity index (χ0v) is 4.83.